The quantitative estimate of drug-likeness (QED) is 0.753. The molecular weight excluding hydrogens is 206 g/mol. The number of hydrogen-bond acceptors (Lipinski definition) is 1. The summed E-state index contributed by atoms with van der Waals surface area (Å²) in [5.41, 5.74) is 1.09. The van der Waals surface area contributed by atoms with E-state index in [-0.39, 0.29) is 6.04 Å². The summed E-state index contributed by atoms with van der Waals surface area (Å²) in [4.78, 5) is 0. The van der Waals surface area contributed by atoms with E-state index in [1.807, 2.05) is 24.3 Å². The summed E-state index contributed by atoms with van der Waals surface area (Å²) in [7, 11) is 0. The van der Waals surface area contributed by atoms with Gasteiger partial charge in [-0.15, -0.1) is 6.42 Å². The average Bonchev–Trinajstić information content (AvgIpc) is 2.26. The van der Waals surface area contributed by atoms with Crippen LogP contribution in [0.1, 0.15) is 25.3 Å². The SMILES string of the molecule is C#CC(CCC)NCc1ccccc1Cl. The van der Waals surface area contributed by atoms with Crippen molar-refractivity contribution in [2.45, 2.75) is 32.4 Å². The lowest BCUT2D eigenvalue weighted by Crippen LogP contribution is -2.26. The minimum Gasteiger partial charge on any atom is -0.300 e. The lowest BCUT2D eigenvalue weighted by Gasteiger charge is -2.12. The van der Waals surface area contributed by atoms with Crippen LogP contribution in [0.25, 0.3) is 0 Å². The van der Waals surface area contributed by atoms with E-state index in [0.29, 0.717) is 0 Å². The molecule has 0 saturated heterocycles. The van der Waals surface area contributed by atoms with Crippen LogP contribution in [0.4, 0.5) is 0 Å². The first-order chi connectivity index (χ1) is 7.27. The standard InChI is InChI=1S/C13H16ClN/c1-3-7-12(4-2)15-10-11-8-5-6-9-13(11)14/h2,5-6,8-9,12,15H,3,7,10H2,1H3. The molecule has 0 amide bonds. The van der Waals surface area contributed by atoms with Crippen molar-refractivity contribution in [3.63, 3.8) is 0 Å². The Kier molecular flexibility index (Phi) is 5.25. The second-order valence-corrected chi connectivity index (χ2v) is 3.89. The number of benzene rings is 1. The van der Waals surface area contributed by atoms with Gasteiger partial charge in [0.25, 0.3) is 0 Å². The lowest BCUT2D eigenvalue weighted by molar-refractivity contribution is 0.563. The molecule has 1 aromatic rings. The van der Waals surface area contributed by atoms with E-state index < -0.39 is 0 Å². The summed E-state index contributed by atoms with van der Waals surface area (Å²) in [6.07, 6.45) is 7.50. The molecule has 1 unspecified atom stereocenters. The summed E-state index contributed by atoms with van der Waals surface area (Å²) in [6, 6.07) is 7.95. The summed E-state index contributed by atoms with van der Waals surface area (Å²) < 4.78 is 0. The van der Waals surface area contributed by atoms with Crippen LogP contribution in [0, 0.1) is 12.3 Å². The highest BCUT2D eigenvalue weighted by atomic mass is 35.5. The molecule has 0 bridgehead atoms. The van der Waals surface area contributed by atoms with E-state index >= 15 is 0 Å². The summed E-state index contributed by atoms with van der Waals surface area (Å²) in [5, 5.41) is 4.10. The molecule has 0 radical (unpaired) electrons. The molecular formula is C13H16ClN. The fourth-order valence-electron chi connectivity index (χ4n) is 1.41. The molecule has 1 atom stereocenters. The molecule has 0 saturated carbocycles. The van der Waals surface area contributed by atoms with E-state index in [1.54, 1.807) is 0 Å². The van der Waals surface area contributed by atoms with Gasteiger partial charge in [0.15, 0.2) is 0 Å². The molecule has 80 valence electrons. The number of halogens is 1. The highest BCUT2D eigenvalue weighted by Gasteiger charge is 2.04. The van der Waals surface area contributed by atoms with Gasteiger partial charge in [0, 0.05) is 11.6 Å². The molecule has 0 fully saturated rings. The Balaban J connectivity index is 2.50. The third kappa shape index (κ3) is 3.95. The first kappa shape index (κ1) is 12.1. The van der Waals surface area contributed by atoms with Crippen LogP contribution in [0.5, 0.6) is 0 Å². The first-order valence-corrected chi connectivity index (χ1v) is 5.58. The third-order valence-corrected chi connectivity index (χ3v) is 2.64. The zero-order valence-electron chi connectivity index (χ0n) is 8.96. The molecule has 0 heterocycles. The van der Waals surface area contributed by atoms with E-state index in [4.69, 9.17) is 18.0 Å². The first-order valence-electron chi connectivity index (χ1n) is 5.20. The second kappa shape index (κ2) is 6.50. The number of rotatable bonds is 5. The average molecular weight is 222 g/mol. The van der Waals surface area contributed by atoms with Crippen molar-refractivity contribution < 1.29 is 0 Å². The van der Waals surface area contributed by atoms with Gasteiger partial charge in [0.05, 0.1) is 6.04 Å². The summed E-state index contributed by atoms with van der Waals surface area (Å²) in [5.74, 6) is 2.74. The fraction of sp³-hybridized carbons (Fsp3) is 0.385. The molecule has 15 heavy (non-hydrogen) atoms. The maximum atomic E-state index is 6.04. The van der Waals surface area contributed by atoms with Crippen LogP contribution in [0.3, 0.4) is 0 Å². The zero-order valence-corrected chi connectivity index (χ0v) is 9.72. The monoisotopic (exact) mass is 221 g/mol. The van der Waals surface area contributed by atoms with Crippen molar-refractivity contribution in [1.29, 1.82) is 0 Å². The largest absolute Gasteiger partial charge is 0.300 e. The highest BCUT2D eigenvalue weighted by molar-refractivity contribution is 6.31. The van der Waals surface area contributed by atoms with Gasteiger partial charge in [-0.3, -0.25) is 5.32 Å². The molecule has 0 aliphatic heterocycles. The Morgan fingerprint density at radius 3 is 2.80 bits per heavy atom. The van der Waals surface area contributed by atoms with Gasteiger partial charge < -0.3 is 0 Å². The summed E-state index contributed by atoms with van der Waals surface area (Å²) in [6.45, 7) is 2.86. The van der Waals surface area contributed by atoms with Crippen molar-refractivity contribution >= 4 is 11.6 Å². The lowest BCUT2D eigenvalue weighted by atomic mass is 10.1. The van der Waals surface area contributed by atoms with Gasteiger partial charge in [-0.2, -0.15) is 0 Å². The molecule has 1 aromatic carbocycles. The van der Waals surface area contributed by atoms with Crippen molar-refractivity contribution in [2.24, 2.45) is 0 Å². The van der Waals surface area contributed by atoms with Crippen molar-refractivity contribution in [2.75, 3.05) is 0 Å². The van der Waals surface area contributed by atoms with Crippen molar-refractivity contribution in [3.8, 4) is 12.3 Å². The Morgan fingerprint density at radius 1 is 1.47 bits per heavy atom. The van der Waals surface area contributed by atoms with Crippen LogP contribution in [-0.2, 0) is 6.54 Å². The molecule has 0 spiro atoms. The summed E-state index contributed by atoms with van der Waals surface area (Å²) >= 11 is 6.04. The number of terminal acetylenes is 1. The van der Waals surface area contributed by atoms with Gasteiger partial charge in [-0.05, 0) is 18.1 Å². The Hall–Kier alpha value is -0.970. The molecule has 1 nitrogen and oxygen atoms in total. The predicted molar refractivity (Wildman–Crippen MR) is 65.8 cm³/mol. The highest BCUT2D eigenvalue weighted by Crippen LogP contribution is 2.14. The molecule has 1 rings (SSSR count). The van der Waals surface area contributed by atoms with Gasteiger partial charge in [0.1, 0.15) is 0 Å². The number of hydrogen-bond donors (Lipinski definition) is 1. The van der Waals surface area contributed by atoms with Gasteiger partial charge >= 0.3 is 0 Å². The topological polar surface area (TPSA) is 12.0 Å². The van der Waals surface area contributed by atoms with Crippen LogP contribution < -0.4 is 5.32 Å². The van der Waals surface area contributed by atoms with Gasteiger partial charge in [0.2, 0.25) is 0 Å². The molecule has 0 aromatic heterocycles. The second-order valence-electron chi connectivity index (χ2n) is 3.48. The van der Waals surface area contributed by atoms with Crippen LogP contribution in [0.2, 0.25) is 5.02 Å². The van der Waals surface area contributed by atoms with E-state index in [2.05, 4.69) is 18.2 Å². The van der Waals surface area contributed by atoms with E-state index in [0.717, 1.165) is 30.0 Å². The minimum atomic E-state index is 0.145. The predicted octanol–water partition coefficient (Wildman–Crippen LogP) is 3.23. The maximum Gasteiger partial charge on any atom is 0.0689 e. The molecule has 0 aliphatic rings. The van der Waals surface area contributed by atoms with Crippen molar-refractivity contribution in [1.82, 2.24) is 5.32 Å². The third-order valence-electron chi connectivity index (χ3n) is 2.28. The Morgan fingerprint density at radius 2 is 2.20 bits per heavy atom. The zero-order chi connectivity index (χ0) is 11.1. The van der Waals surface area contributed by atoms with Crippen LogP contribution >= 0.6 is 11.6 Å². The smallest absolute Gasteiger partial charge is 0.0689 e. The fourth-order valence-corrected chi connectivity index (χ4v) is 1.61. The van der Waals surface area contributed by atoms with Crippen LogP contribution in [-0.4, -0.2) is 6.04 Å². The normalized spacial score (nSPS) is 12.1. The van der Waals surface area contributed by atoms with E-state index in [9.17, 15) is 0 Å². The van der Waals surface area contributed by atoms with Gasteiger partial charge in [-0.25, -0.2) is 0 Å². The Bertz CT molecular complexity index is 341. The minimum absolute atomic E-state index is 0.145. The molecule has 0 aliphatic carbocycles. The van der Waals surface area contributed by atoms with Gasteiger partial charge in [-0.1, -0.05) is 49.1 Å². The van der Waals surface area contributed by atoms with Crippen molar-refractivity contribution in [3.05, 3.63) is 34.9 Å². The van der Waals surface area contributed by atoms with E-state index in [1.165, 1.54) is 0 Å². The van der Waals surface area contributed by atoms with Crippen LogP contribution in [0.15, 0.2) is 24.3 Å². The number of nitrogens with one attached hydrogen (secondary N) is 1. The molecule has 1 N–H and O–H groups in total. The molecule has 2 heteroatoms. The Labute approximate surface area is 96.8 Å². The maximum absolute atomic E-state index is 6.04.